The van der Waals surface area contributed by atoms with Gasteiger partial charge in [0.15, 0.2) is 11.5 Å². The van der Waals surface area contributed by atoms with Gasteiger partial charge in [-0.2, -0.15) is 4.52 Å². The van der Waals surface area contributed by atoms with Crippen LogP contribution in [-0.4, -0.2) is 66.4 Å². The minimum absolute atomic E-state index is 0.0702. The Kier molecular flexibility index (Phi) is 4.46. The third-order valence-electron chi connectivity index (χ3n) is 5.07. The molecule has 11 heteroatoms. The van der Waals surface area contributed by atoms with Crippen molar-refractivity contribution in [2.24, 2.45) is 0 Å². The second kappa shape index (κ2) is 6.91. The number of aromatic nitrogens is 4. The number of sulfone groups is 1. The zero-order valence-corrected chi connectivity index (χ0v) is 17.9. The molecule has 0 aliphatic carbocycles. The molecule has 0 bridgehead atoms. The normalized spacial score (nSPS) is 16.1. The van der Waals surface area contributed by atoms with Crippen LogP contribution in [0.3, 0.4) is 0 Å². The molecule has 150 valence electrons. The van der Waals surface area contributed by atoms with Crippen molar-refractivity contribution in [1.29, 1.82) is 0 Å². The number of hydrogen-bond acceptors (Lipinski definition) is 8. The molecule has 0 unspecified atom stereocenters. The fourth-order valence-electron chi connectivity index (χ4n) is 3.46. The molecule has 1 aliphatic rings. The van der Waals surface area contributed by atoms with E-state index in [0.717, 1.165) is 42.2 Å². The molecule has 0 amide bonds. The maximum Gasteiger partial charge on any atom is 0.229 e. The van der Waals surface area contributed by atoms with E-state index in [1.807, 2.05) is 11.4 Å². The molecule has 3 aromatic heterocycles. The molecular formula is C18H17ClN6O2S2. The van der Waals surface area contributed by atoms with Gasteiger partial charge in [-0.15, -0.1) is 16.4 Å². The summed E-state index contributed by atoms with van der Waals surface area (Å²) in [6.45, 7) is 3.49. The molecule has 4 heterocycles. The molecule has 1 aromatic carbocycles. The van der Waals surface area contributed by atoms with Gasteiger partial charge < -0.3 is 9.80 Å². The Morgan fingerprint density at radius 1 is 1.14 bits per heavy atom. The number of likely N-dealkylation sites (N-methyl/N-ethyl adjacent to an activating group) is 1. The summed E-state index contributed by atoms with van der Waals surface area (Å²) in [7, 11) is -1.83. The lowest BCUT2D eigenvalue weighted by atomic mass is 10.3. The maximum atomic E-state index is 13.2. The molecule has 4 aromatic rings. The van der Waals surface area contributed by atoms with Crippen molar-refractivity contribution in [3.8, 4) is 0 Å². The number of fused-ring (bicyclic) bond motifs is 3. The Labute approximate surface area is 176 Å². The molecule has 1 saturated heterocycles. The first-order valence-electron chi connectivity index (χ1n) is 9.02. The Bertz CT molecular complexity index is 1320. The van der Waals surface area contributed by atoms with Crippen LogP contribution in [0.25, 0.3) is 15.9 Å². The summed E-state index contributed by atoms with van der Waals surface area (Å²) in [5, 5.41) is 10.2. The Morgan fingerprint density at radius 3 is 2.69 bits per heavy atom. The third kappa shape index (κ3) is 3.07. The van der Waals surface area contributed by atoms with Crippen molar-refractivity contribution < 1.29 is 8.42 Å². The van der Waals surface area contributed by atoms with Gasteiger partial charge in [-0.3, -0.25) is 0 Å². The van der Waals surface area contributed by atoms with Crippen LogP contribution in [0.4, 0.5) is 5.82 Å². The van der Waals surface area contributed by atoms with E-state index in [1.54, 1.807) is 23.5 Å². The maximum absolute atomic E-state index is 13.2. The predicted molar refractivity (Wildman–Crippen MR) is 113 cm³/mol. The fraction of sp³-hybridized carbons (Fsp3) is 0.278. The summed E-state index contributed by atoms with van der Waals surface area (Å²) < 4.78 is 28.9. The van der Waals surface area contributed by atoms with Gasteiger partial charge in [0, 0.05) is 31.2 Å². The van der Waals surface area contributed by atoms with E-state index < -0.39 is 9.84 Å². The van der Waals surface area contributed by atoms with Gasteiger partial charge in [0.05, 0.1) is 15.1 Å². The van der Waals surface area contributed by atoms with Crippen LogP contribution in [0, 0.1) is 0 Å². The molecule has 5 rings (SSSR count). The minimum Gasteiger partial charge on any atom is -0.353 e. The van der Waals surface area contributed by atoms with Gasteiger partial charge >= 0.3 is 0 Å². The molecule has 0 radical (unpaired) electrons. The molecule has 0 saturated carbocycles. The molecule has 8 nitrogen and oxygen atoms in total. The second-order valence-corrected chi connectivity index (χ2v) is 10.2. The highest BCUT2D eigenvalue weighted by molar-refractivity contribution is 7.91. The van der Waals surface area contributed by atoms with Crippen LogP contribution in [-0.2, 0) is 9.84 Å². The highest BCUT2D eigenvalue weighted by atomic mass is 35.5. The quantitative estimate of drug-likeness (QED) is 0.476. The molecule has 29 heavy (non-hydrogen) atoms. The van der Waals surface area contributed by atoms with E-state index in [2.05, 4.69) is 27.2 Å². The van der Waals surface area contributed by atoms with Crippen molar-refractivity contribution in [2.75, 3.05) is 38.1 Å². The molecule has 0 spiro atoms. The molecular weight excluding hydrogens is 432 g/mol. The Morgan fingerprint density at radius 2 is 1.93 bits per heavy atom. The van der Waals surface area contributed by atoms with Gasteiger partial charge in [-0.25, -0.2) is 13.4 Å². The standard InChI is InChI=1S/C18H17ClN6O2S2/c1-23-6-8-24(9-7-23)16-15-14(5-10-28-15)25-17(20-16)18(21-22-25)29(26,27)13-4-2-3-12(19)11-13/h2-5,10-11H,6-9H2,1H3. The monoisotopic (exact) mass is 448 g/mol. The van der Waals surface area contributed by atoms with Crippen LogP contribution in [0.2, 0.25) is 5.02 Å². The van der Waals surface area contributed by atoms with E-state index in [4.69, 9.17) is 16.6 Å². The summed E-state index contributed by atoms with van der Waals surface area (Å²) in [5.74, 6) is 0.778. The average molecular weight is 449 g/mol. The average Bonchev–Trinajstić information content (AvgIpc) is 3.35. The van der Waals surface area contributed by atoms with E-state index >= 15 is 0 Å². The van der Waals surface area contributed by atoms with E-state index in [9.17, 15) is 8.42 Å². The predicted octanol–water partition coefficient (Wildman–Crippen LogP) is 2.58. The van der Waals surface area contributed by atoms with E-state index in [0.29, 0.717) is 5.02 Å². The van der Waals surface area contributed by atoms with E-state index in [1.165, 1.54) is 16.6 Å². The molecule has 0 N–H and O–H groups in total. The van der Waals surface area contributed by atoms with Crippen LogP contribution in [0.15, 0.2) is 45.6 Å². The SMILES string of the molecule is CN1CCN(c2nc3c(S(=O)(=O)c4cccc(Cl)c4)nnn3c3ccsc23)CC1. The van der Waals surface area contributed by atoms with Gasteiger partial charge in [0.2, 0.25) is 14.9 Å². The minimum atomic E-state index is -3.92. The van der Waals surface area contributed by atoms with Crippen LogP contribution in [0.1, 0.15) is 0 Å². The van der Waals surface area contributed by atoms with Gasteiger partial charge in [-0.05, 0) is 36.7 Å². The van der Waals surface area contributed by atoms with Crippen molar-refractivity contribution in [1.82, 2.24) is 24.7 Å². The number of anilines is 1. The Balaban J connectivity index is 1.72. The summed E-state index contributed by atoms with van der Waals surface area (Å²) in [4.78, 5) is 9.27. The van der Waals surface area contributed by atoms with Crippen LogP contribution >= 0.6 is 22.9 Å². The first-order chi connectivity index (χ1) is 13.9. The number of benzene rings is 1. The number of halogens is 1. The number of piperazine rings is 1. The lowest BCUT2D eigenvalue weighted by Crippen LogP contribution is -2.44. The molecule has 1 aliphatic heterocycles. The summed E-state index contributed by atoms with van der Waals surface area (Å²) >= 11 is 7.57. The highest BCUT2D eigenvalue weighted by Crippen LogP contribution is 2.33. The topological polar surface area (TPSA) is 83.7 Å². The smallest absolute Gasteiger partial charge is 0.229 e. The lowest BCUT2D eigenvalue weighted by molar-refractivity contribution is 0.312. The van der Waals surface area contributed by atoms with E-state index in [-0.39, 0.29) is 15.6 Å². The summed E-state index contributed by atoms with van der Waals surface area (Å²) in [6.07, 6.45) is 0. The third-order valence-corrected chi connectivity index (χ3v) is 7.85. The summed E-state index contributed by atoms with van der Waals surface area (Å²) in [5.41, 5.74) is 1.03. The first-order valence-corrected chi connectivity index (χ1v) is 11.8. The molecule has 0 atom stereocenters. The number of hydrogen-bond donors (Lipinski definition) is 0. The van der Waals surface area contributed by atoms with Crippen molar-refractivity contribution in [3.05, 3.63) is 40.7 Å². The van der Waals surface area contributed by atoms with Gasteiger partial charge in [0.25, 0.3) is 0 Å². The second-order valence-electron chi connectivity index (χ2n) is 6.95. The zero-order valence-electron chi connectivity index (χ0n) is 15.5. The number of thiophene rings is 1. The summed E-state index contributed by atoms with van der Waals surface area (Å²) in [6, 6.07) is 8.05. The zero-order chi connectivity index (χ0) is 20.2. The van der Waals surface area contributed by atoms with Crippen molar-refractivity contribution in [3.63, 3.8) is 0 Å². The molecule has 1 fully saturated rings. The number of rotatable bonds is 3. The van der Waals surface area contributed by atoms with Crippen LogP contribution in [0.5, 0.6) is 0 Å². The van der Waals surface area contributed by atoms with Gasteiger partial charge in [0.1, 0.15) is 0 Å². The Hall–Kier alpha value is -2.27. The fourth-order valence-corrected chi connectivity index (χ4v) is 5.88. The van der Waals surface area contributed by atoms with Gasteiger partial charge in [-0.1, -0.05) is 22.9 Å². The first kappa shape index (κ1) is 18.7. The van der Waals surface area contributed by atoms with Crippen molar-refractivity contribution in [2.45, 2.75) is 9.92 Å². The highest BCUT2D eigenvalue weighted by Gasteiger charge is 2.29. The van der Waals surface area contributed by atoms with Crippen molar-refractivity contribution >= 4 is 54.5 Å². The largest absolute Gasteiger partial charge is 0.353 e. The number of nitrogens with zero attached hydrogens (tertiary/aromatic N) is 6. The lowest BCUT2D eigenvalue weighted by Gasteiger charge is -2.33. The van der Waals surface area contributed by atoms with Crippen LogP contribution < -0.4 is 4.90 Å².